The fourth-order valence-corrected chi connectivity index (χ4v) is 3.41. The van der Waals surface area contributed by atoms with Gasteiger partial charge in [0.1, 0.15) is 0 Å². The summed E-state index contributed by atoms with van der Waals surface area (Å²) >= 11 is 0. The first kappa shape index (κ1) is 10.4. The highest BCUT2D eigenvalue weighted by atomic mass is 16.3. The molecular weight excluding hydrogens is 174 g/mol. The van der Waals surface area contributed by atoms with Gasteiger partial charge >= 0.3 is 0 Å². The molecule has 5 unspecified atom stereocenters. The molecule has 2 aliphatic carbocycles. The van der Waals surface area contributed by atoms with Crippen LogP contribution >= 0.6 is 0 Å². The van der Waals surface area contributed by atoms with Gasteiger partial charge in [-0.15, -0.1) is 0 Å². The normalized spacial score (nSPS) is 40.1. The first-order valence-corrected chi connectivity index (χ1v) is 6.08. The van der Waals surface area contributed by atoms with Gasteiger partial charge in [-0.2, -0.15) is 0 Å². The van der Waals surface area contributed by atoms with Crippen molar-refractivity contribution in [2.24, 2.45) is 17.8 Å². The van der Waals surface area contributed by atoms with Crippen molar-refractivity contribution in [1.82, 2.24) is 5.32 Å². The van der Waals surface area contributed by atoms with Crippen LogP contribution in [0.25, 0.3) is 0 Å². The Morgan fingerprint density at radius 3 is 2.57 bits per heavy atom. The minimum absolute atomic E-state index is 0.212. The fourth-order valence-electron chi connectivity index (χ4n) is 3.41. The van der Waals surface area contributed by atoms with Crippen LogP contribution < -0.4 is 5.32 Å². The van der Waals surface area contributed by atoms with Crippen LogP contribution in [0.1, 0.15) is 39.5 Å². The van der Waals surface area contributed by atoms with Crippen molar-refractivity contribution in [1.29, 1.82) is 0 Å². The molecule has 0 heterocycles. The van der Waals surface area contributed by atoms with Gasteiger partial charge in [0.05, 0.1) is 6.10 Å². The van der Waals surface area contributed by atoms with Crippen LogP contribution in [-0.2, 0) is 0 Å². The van der Waals surface area contributed by atoms with Crippen LogP contribution in [0, 0.1) is 17.8 Å². The molecular formula is C12H23NO. The maximum absolute atomic E-state index is 9.21. The summed E-state index contributed by atoms with van der Waals surface area (Å²) in [5, 5.41) is 12.7. The molecule has 2 aliphatic rings. The smallest absolute Gasteiger partial charge is 0.0636 e. The lowest BCUT2D eigenvalue weighted by Crippen LogP contribution is -2.39. The molecule has 2 heteroatoms. The topological polar surface area (TPSA) is 32.3 Å². The molecule has 0 aliphatic heterocycles. The quantitative estimate of drug-likeness (QED) is 0.720. The van der Waals surface area contributed by atoms with Crippen molar-refractivity contribution in [3.8, 4) is 0 Å². The third kappa shape index (κ3) is 2.12. The Kier molecular flexibility index (Phi) is 3.13. The Labute approximate surface area is 87.1 Å². The standard InChI is InChI=1S/C12H23NO/c1-8(14)7-13-9(2)12-6-10-3-4-11(12)5-10/h8-14H,3-7H2,1-2H3. The van der Waals surface area contributed by atoms with Gasteiger partial charge in [-0.05, 0) is 50.9 Å². The molecule has 2 bridgehead atoms. The van der Waals surface area contributed by atoms with Crippen LogP contribution in [0.3, 0.4) is 0 Å². The molecule has 0 amide bonds. The highest BCUT2D eigenvalue weighted by Gasteiger charge is 2.41. The molecule has 0 aromatic carbocycles. The second-order valence-electron chi connectivity index (χ2n) is 5.38. The van der Waals surface area contributed by atoms with Crippen molar-refractivity contribution in [3.05, 3.63) is 0 Å². The Bertz CT molecular complexity index is 193. The molecule has 2 nitrogen and oxygen atoms in total. The van der Waals surface area contributed by atoms with E-state index in [2.05, 4.69) is 12.2 Å². The molecule has 82 valence electrons. The van der Waals surface area contributed by atoms with Crippen molar-refractivity contribution < 1.29 is 5.11 Å². The van der Waals surface area contributed by atoms with Crippen molar-refractivity contribution >= 4 is 0 Å². The van der Waals surface area contributed by atoms with E-state index in [1.165, 1.54) is 25.7 Å². The summed E-state index contributed by atoms with van der Waals surface area (Å²) in [5.74, 6) is 2.89. The number of hydrogen-bond donors (Lipinski definition) is 2. The second kappa shape index (κ2) is 4.19. The first-order valence-electron chi connectivity index (χ1n) is 6.08. The summed E-state index contributed by atoms with van der Waals surface area (Å²) in [5.41, 5.74) is 0. The molecule has 2 rings (SSSR count). The number of nitrogens with one attached hydrogen (secondary N) is 1. The first-order chi connectivity index (χ1) is 6.66. The molecule has 14 heavy (non-hydrogen) atoms. The minimum Gasteiger partial charge on any atom is -0.392 e. The van der Waals surface area contributed by atoms with E-state index >= 15 is 0 Å². The van der Waals surface area contributed by atoms with Gasteiger partial charge in [0, 0.05) is 12.6 Å². The third-order valence-electron chi connectivity index (χ3n) is 4.17. The summed E-state index contributed by atoms with van der Waals surface area (Å²) in [6, 6.07) is 0.597. The Balaban J connectivity index is 1.78. The summed E-state index contributed by atoms with van der Waals surface area (Å²) in [6.07, 6.45) is 5.63. The van der Waals surface area contributed by atoms with Crippen molar-refractivity contribution in [3.63, 3.8) is 0 Å². The van der Waals surface area contributed by atoms with Crippen molar-refractivity contribution in [2.45, 2.75) is 51.7 Å². The van der Waals surface area contributed by atoms with Gasteiger partial charge in [-0.25, -0.2) is 0 Å². The molecule has 0 spiro atoms. The lowest BCUT2D eigenvalue weighted by atomic mass is 9.84. The van der Waals surface area contributed by atoms with E-state index < -0.39 is 0 Å². The number of aliphatic hydroxyl groups is 1. The Morgan fingerprint density at radius 1 is 1.29 bits per heavy atom. The zero-order valence-corrected chi connectivity index (χ0v) is 9.37. The average molecular weight is 197 g/mol. The number of aliphatic hydroxyl groups excluding tert-OH is 1. The lowest BCUT2D eigenvalue weighted by molar-refractivity contribution is 0.172. The van der Waals surface area contributed by atoms with Crippen molar-refractivity contribution in [2.75, 3.05) is 6.54 Å². The lowest BCUT2D eigenvalue weighted by Gasteiger charge is -2.29. The highest BCUT2D eigenvalue weighted by Crippen LogP contribution is 2.49. The molecule has 0 aromatic heterocycles. The monoisotopic (exact) mass is 197 g/mol. The maximum Gasteiger partial charge on any atom is 0.0636 e. The van der Waals surface area contributed by atoms with Crippen LogP contribution in [0.2, 0.25) is 0 Å². The summed E-state index contributed by atoms with van der Waals surface area (Å²) in [7, 11) is 0. The minimum atomic E-state index is -0.212. The molecule has 0 saturated heterocycles. The van der Waals surface area contributed by atoms with E-state index in [0.29, 0.717) is 6.04 Å². The predicted octanol–water partition coefficient (Wildman–Crippen LogP) is 1.78. The largest absolute Gasteiger partial charge is 0.392 e. The van der Waals surface area contributed by atoms with E-state index in [9.17, 15) is 5.11 Å². The maximum atomic E-state index is 9.21. The molecule has 2 saturated carbocycles. The fraction of sp³-hybridized carbons (Fsp3) is 1.00. The summed E-state index contributed by atoms with van der Waals surface area (Å²) in [6.45, 7) is 4.88. The van der Waals surface area contributed by atoms with E-state index in [1.807, 2.05) is 6.92 Å². The van der Waals surface area contributed by atoms with E-state index in [-0.39, 0.29) is 6.10 Å². The van der Waals surface area contributed by atoms with Gasteiger partial charge in [-0.3, -0.25) is 0 Å². The highest BCUT2D eigenvalue weighted by molar-refractivity contribution is 4.94. The van der Waals surface area contributed by atoms with Gasteiger partial charge in [0.25, 0.3) is 0 Å². The Morgan fingerprint density at radius 2 is 2.07 bits per heavy atom. The zero-order chi connectivity index (χ0) is 10.1. The van der Waals surface area contributed by atoms with Gasteiger partial charge in [0.2, 0.25) is 0 Å². The van der Waals surface area contributed by atoms with Crippen LogP contribution in [0.15, 0.2) is 0 Å². The molecule has 0 radical (unpaired) electrons. The van der Waals surface area contributed by atoms with E-state index in [4.69, 9.17) is 0 Å². The zero-order valence-electron chi connectivity index (χ0n) is 9.37. The van der Waals surface area contributed by atoms with Gasteiger partial charge < -0.3 is 10.4 Å². The summed E-state index contributed by atoms with van der Waals surface area (Å²) in [4.78, 5) is 0. The summed E-state index contributed by atoms with van der Waals surface area (Å²) < 4.78 is 0. The van der Waals surface area contributed by atoms with Crippen LogP contribution in [-0.4, -0.2) is 23.8 Å². The van der Waals surface area contributed by atoms with Crippen LogP contribution in [0.4, 0.5) is 0 Å². The van der Waals surface area contributed by atoms with E-state index in [1.54, 1.807) is 0 Å². The average Bonchev–Trinajstić information content (AvgIpc) is 2.74. The third-order valence-corrected chi connectivity index (χ3v) is 4.17. The predicted molar refractivity (Wildman–Crippen MR) is 58.1 cm³/mol. The SMILES string of the molecule is CC(O)CNC(C)C1CC2CCC1C2. The molecule has 5 atom stereocenters. The molecule has 2 N–H and O–H groups in total. The molecule has 2 fully saturated rings. The number of rotatable bonds is 4. The number of hydrogen-bond acceptors (Lipinski definition) is 2. The number of fused-ring (bicyclic) bond motifs is 2. The van der Waals surface area contributed by atoms with E-state index in [0.717, 1.165) is 24.3 Å². The second-order valence-corrected chi connectivity index (χ2v) is 5.38. The van der Waals surface area contributed by atoms with Crippen LogP contribution in [0.5, 0.6) is 0 Å². The Hall–Kier alpha value is -0.0800. The van der Waals surface area contributed by atoms with Gasteiger partial charge in [0.15, 0.2) is 0 Å². The van der Waals surface area contributed by atoms with Gasteiger partial charge in [-0.1, -0.05) is 6.42 Å². The molecule has 0 aromatic rings.